The topological polar surface area (TPSA) is 201 Å². The number of nitrogens with zero attached hydrogens (tertiary/aromatic N) is 13. The summed E-state index contributed by atoms with van der Waals surface area (Å²) in [6.45, 7) is 9.76. The number of hydrogen-bond donors (Lipinski definition) is 2. The summed E-state index contributed by atoms with van der Waals surface area (Å²) in [5.41, 5.74) is 28.3. The summed E-state index contributed by atoms with van der Waals surface area (Å²) >= 11 is 1.86. The molecule has 2 aliphatic heterocycles. The Bertz CT molecular complexity index is 8730. The molecule has 18 heteroatoms. The van der Waals surface area contributed by atoms with Crippen LogP contribution in [0.4, 0.5) is 17.1 Å². The van der Waals surface area contributed by atoms with Crippen molar-refractivity contribution in [1.82, 2.24) is 59.8 Å². The van der Waals surface area contributed by atoms with E-state index in [4.69, 9.17) is 60.1 Å². The molecule has 0 fully saturated rings. The van der Waals surface area contributed by atoms with Gasteiger partial charge in [0.25, 0.3) is 0 Å². The monoisotopic (exact) mass is 2130 g/mol. The van der Waals surface area contributed by atoms with Gasteiger partial charge in [0.15, 0.2) is 0 Å². The van der Waals surface area contributed by atoms with Crippen molar-refractivity contribution in [1.29, 1.82) is 0 Å². The summed E-state index contributed by atoms with van der Waals surface area (Å²) in [6, 6.07) is 154. The molecule has 1 aliphatic carbocycles. The SMILES string of the molecule is CC(C)(C)c1cc(-c2[c-]cccc2)ncn1.CC(O)CC(C)O.[Cu+2].[Ir].c1cc(-c2cnc3c4ccccc4c4ccccc4c3n2)cc(-c2cccc3c2sc2ccccc23)c1.c1ccc(-c2ccc(N(c3ccccc3)c3ccc(C4(c5ccccc5)c5ccccc5-c5ccccc54)cc3)cc2)cc1.c1ccc2c(c1)-c1nc-2nc2[n-]c(nc3nc(nc4[n-]c(n1)c1ccccc41)-c1ccccc1-3)c1ccccc21. The maximum absolute atomic E-state index is 8.56. The molecule has 3 aliphatic rings. The first-order valence-corrected chi connectivity index (χ1v) is 49.2. The summed E-state index contributed by atoms with van der Waals surface area (Å²) in [5.74, 6) is 2.21. The largest absolute Gasteiger partial charge is 2.00 e. The van der Waals surface area contributed by atoms with E-state index in [1.807, 2.05) is 145 Å². The van der Waals surface area contributed by atoms with E-state index in [2.05, 4.69) is 345 Å². The Hall–Kier alpha value is -16.6. The molecule has 0 saturated carbocycles. The van der Waals surface area contributed by atoms with Crippen LogP contribution in [0.25, 0.3) is 198 Å². The Morgan fingerprint density at radius 1 is 0.329 bits per heavy atom. The van der Waals surface area contributed by atoms with Crippen molar-refractivity contribution in [2.45, 2.75) is 64.1 Å². The van der Waals surface area contributed by atoms with Gasteiger partial charge in [0.1, 0.15) is 6.33 Å². The van der Waals surface area contributed by atoms with Crippen molar-refractivity contribution in [3.05, 3.63) is 477 Å². The third-order valence-corrected chi connectivity index (χ3v) is 27.9. The van der Waals surface area contributed by atoms with Crippen LogP contribution in [0.5, 0.6) is 0 Å². The molecule has 18 aromatic carbocycles. The predicted octanol–water partition coefficient (Wildman–Crippen LogP) is 30.3. The van der Waals surface area contributed by atoms with Gasteiger partial charge in [0, 0.05) is 130 Å². The number of fused-ring (bicyclic) bond motifs is 32. The van der Waals surface area contributed by atoms with Gasteiger partial charge in [-0.3, -0.25) is 9.97 Å². The number of rotatable bonds is 11. The van der Waals surface area contributed by atoms with Gasteiger partial charge in [0.05, 0.1) is 63.8 Å². The number of hydrogen-bond acceptors (Lipinski definition) is 14. The van der Waals surface area contributed by atoms with E-state index in [0.29, 0.717) is 52.3 Å². The summed E-state index contributed by atoms with van der Waals surface area (Å²) in [6.07, 6.45) is 3.26. The van der Waals surface area contributed by atoms with Crippen LogP contribution in [0, 0.1) is 6.07 Å². The fraction of sp³-hybridized carbons (Fsp3) is 0.0781. The zero-order valence-corrected chi connectivity index (χ0v) is 84.4. The molecule has 6 aromatic heterocycles. The Balaban J connectivity index is 0.000000115. The maximum atomic E-state index is 8.56. The van der Waals surface area contributed by atoms with Crippen LogP contribution in [-0.4, -0.2) is 72.3 Å². The van der Waals surface area contributed by atoms with Gasteiger partial charge in [0.2, 0.25) is 0 Å². The number of thiophene rings is 1. The van der Waals surface area contributed by atoms with E-state index in [1.54, 1.807) is 20.2 Å². The van der Waals surface area contributed by atoms with Gasteiger partial charge in [-0.05, 0) is 162 Å². The number of anilines is 3. The molecule has 2 radical (unpaired) electrons. The maximum Gasteiger partial charge on any atom is 2.00 e. The quantitative estimate of drug-likeness (QED) is 0.0703. The van der Waals surface area contributed by atoms with E-state index in [0.717, 1.165) is 111 Å². The van der Waals surface area contributed by atoms with Crippen LogP contribution in [0.15, 0.2) is 443 Å². The Morgan fingerprint density at radius 2 is 0.726 bits per heavy atom. The minimum absolute atomic E-state index is 0. The molecule has 27 rings (SSSR count). The van der Waals surface area contributed by atoms with Crippen molar-refractivity contribution >= 4 is 125 Å². The first-order valence-electron chi connectivity index (χ1n) is 48.4. The van der Waals surface area contributed by atoms with Gasteiger partial charge in [-0.25, -0.2) is 19.9 Å². The van der Waals surface area contributed by atoms with Crippen LogP contribution >= 0.6 is 11.3 Å². The van der Waals surface area contributed by atoms with Crippen LogP contribution in [0.1, 0.15) is 69.0 Å². The van der Waals surface area contributed by atoms with E-state index in [9.17, 15) is 0 Å². The second-order valence-corrected chi connectivity index (χ2v) is 38.2. The van der Waals surface area contributed by atoms with E-state index >= 15 is 0 Å². The first kappa shape index (κ1) is 95.5. The summed E-state index contributed by atoms with van der Waals surface area (Å²) in [4.78, 5) is 60.4. The van der Waals surface area contributed by atoms with Crippen molar-refractivity contribution < 1.29 is 47.4 Å². The summed E-state index contributed by atoms with van der Waals surface area (Å²) in [5, 5.41) is 28.0. The molecule has 2 N–H and O–H groups in total. The first-order chi connectivity index (χ1) is 70.7. The van der Waals surface area contributed by atoms with E-state index in [-0.39, 0.29) is 54.8 Å². The average molecular weight is 2130 g/mol. The molecular formula is C128H94CuIrN13O2S-. The molecule has 2 unspecified atom stereocenters. The molecule has 8 bridgehead atoms. The van der Waals surface area contributed by atoms with E-state index < -0.39 is 5.41 Å². The summed E-state index contributed by atoms with van der Waals surface area (Å²) in [7, 11) is 0. The van der Waals surface area contributed by atoms with Gasteiger partial charge >= 0.3 is 17.1 Å². The molecule has 0 spiro atoms. The van der Waals surface area contributed by atoms with Gasteiger partial charge in [-0.15, -0.1) is 47.2 Å². The fourth-order valence-electron chi connectivity index (χ4n) is 20.0. The normalized spacial score (nSPS) is 12.3. The number of para-hydroxylation sites is 1. The van der Waals surface area contributed by atoms with Crippen molar-refractivity contribution in [3.8, 4) is 101 Å². The number of aliphatic hydroxyl groups excluding tert-OH is 2. The van der Waals surface area contributed by atoms with Gasteiger partial charge in [-0.1, -0.05) is 379 Å². The fourth-order valence-corrected chi connectivity index (χ4v) is 21.3. The molecule has 710 valence electrons. The molecule has 15 nitrogen and oxygen atoms in total. The Kier molecular flexibility index (Phi) is 27.1. The average Bonchev–Trinajstić information content (AvgIpc) is 1.53. The number of aliphatic hydroxyl groups is 2. The third kappa shape index (κ3) is 18.5. The molecule has 146 heavy (non-hydrogen) atoms. The second kappa shape index (κ2) is 41.4. The molecule has 2 atom stereocenters. The third-order valence-electron chi connectivity index (χ3n) is 26.7. The summed E-state index contributed by atoms with van der Waals surface area (Å²) < 4.78 is 2.64. The van der Waals surface area contributed by atoms with Gasteiger partial charge in [-0.2, -0.15) is 0 Å². The predicted molar refractivity (Wildman–Crippen MR) is 589 cm³/mol. The zero-order chi connectivity index (χ0) is 97.4. The minimum atomic E-state index is -0.401. The van der Waals surface area contributed by atoms with Crippen LogP contribution in [-0.2, 0) is 48.0 Å². The molecule has 0 amide bonds. The molecular weight excluding hydrogens is 2040 g/mol. The van der Waals surface area contributed by atoms with Crippen molar-refractivity contribution in [2.75, 3.05) is 4.90 Å². The Morgan fingerprint density at radius 3 is 1.23 bits per heavy atom. The molecule has 8 heterocycles. The van der Waals surface area contributed by atoms with Crippen LogP contribution in [0.2, 0.25) is 0 Å². The Labute approximate surface area is 873 Å². The zero-order valence-electron chi connectivity index (χ0n) is 80.3. The molecule has 24 aromatic rings. The van der Waals surface area contributed by atoms with Crippen molar-refractivity contribution in [2.24, 2.45) is 0 Å². The minimum Gasteiger partial charge on any atom is -0.393 e. The standard InChI is InChI=1S/C43H31N.C34H20N2S.C32H16N8.C14H15N2.C5H12O2.Cu.Ir/c1-4-14-32(15-5-1)33-24-28-37(29-25-33)44(36-18-8-3-9-19-36)38-30-26-35(27-31-38)43(34-16-6-2-7-17-34)41-22-12-10-20-39(41)40-21-11-13-23-42(40)43;1-3-14-27-24(11-1)25-12-2-4-15-28(25)33-32(27)35-20-30(36-33)22-10-7-9-21(19-22)23-16-8-17-29-26-13-5-6-18-31(26)37-34(23)29;1-2-10-18-17(9-1)25-33-26(18)38-28-21-13-5-6-14-22(21)30(35-28)40-32-24-16-8-7-15-23(24)31(36-32)39-29-20-12-4-3-11-19(20)27(34-29)37-25;1-14(2,3)13-9-12(15-10-16-13)11-7-5-4-6-8-11;1-4(6)3-5(2)7;;/h1-31H;1-20H;1-16H;4-7,9-10H,1-3H3;4-7H,3H2,1-2H3;;/q;;-2;-1;;+2;. The smallest absolute Gasteiger partial charge is 0.393 e. The number of benzene rings is 18. The second-order valence-electron chi connectivity index (χ2n) is 37.2. The molecule has 0 saturated heterocycles. The number of aromatic nitrogens is 12. The van der Waals surface area contributed by atoms with Crippen LogP contribution < -0.4 is 14.9 Å². The van der Waals surface area contributed by atoms with Crippen molar-refractivity contribution in [3.63, 3.8) is 0 Å². The van der Waals surface area contributed by atoms with Gasteiger partial charge < -0.3 is 45.0 Å². The van der Waals surface area contributed by atoms with Crippen LogP contribution in [0.3, 0.4) is 0 Å². The van der Waals surface area contributed by atoms with E-state index in [1.165, 1.54) is 86.6 Å².